The molecule has 0 amide bonds. The Balaban J connectivity index is 2.44. The first-order valence-electron chi connectivity index (χ1n) is 7.54. The summed E-state index contributed by atoms with van der Waals surface area (Å²) < 4.78 is 47.4. The Morgan fingerprint density at radius 1 is 1.44 bits per heavy atom. The van der Waals surface area contributed by atoms with Crippen molar-refractivity contribution in [2.45, 2.75) is 38.4 Å². The van der Waals surface area contributed by atoms with Crippen molar-refractivity contribution in [3.63, 3.8) is 0 Å². The third-order valence-electron chi connectivity index (χ3n) is 3.50. The number of rotatable bonds is 7. The van der Waals surface area contributed by atoms with Crippen LogP contribution in [0.2, 0.25) is 0 Å². The average Bonchev–Trinajstić information content (AvgIpc) is 3.02. The van der Waals surface area contributed by atoms with Gasteiger partial charge in [0.25, 0.3) is 0 Å². The molecule has 0 aromatic heterocycles. The van der Waals surface area contributed by atoms with Crippen LogP contribution in [0.25, 0.3) is 0 Å². The van der Waals surface area contributed by atoms with Gasteiger partial charge in [-0.1, -0.05) is 13.3 Å². The second-order valence-corrected chi connectivity index (χ2v) is 6.36. The molecule has 140 valence electrons. The highest BCUT2D eigenvalue weighted by Gasteiger charge is 2.34. The lowest BCUT2D eigenvalue weighted by molar-refractivity contribution is -0.275. The van der Waals surface area contributed by atoms with E-state index in [2.05, 4.69) is 9.73 Å². The van der Waals surface area contributed by atoms with Crippen LogP contribution in [0.3, 0.4) is 0 Å². The highest BCUT2D eigenvalue weighted by molar-refractivity contribution is 8.14. The molecule has 1 aliphatic rings. The molecule has 0 radical (unpaired) electrons. The number of ether oxygens (including phenoxy) is 2. The topological polar surface area (TPSA) is 83.3 Å². The maximum Gasteiger partial charge on any atom is 0.573 e. The molecule has 0 aliphatic carbocycles. The van der Waals surface area contributed by atoms with Gasteiger partial charge < -0.3 is 19.8 Å². The molecule has 2 atom stereocenters. The van der Waals surface area contributed by atoms with Crippen LogP contribution in [-0.2, 0) is 6.42 Å². The molecule has 6 nitrogen and oxygen atoms in total. The number of aliphatic imine (C=N–C) groups is 1. The molecule has 1 aliphatic heterocycles. The molecule has 1 aromatic carbocycles. The SMILES string of the molecule is CCCc1cc(C2=N[C@H]([C@@H](O)NO)CS2)cc(OC(F)(F)F)c1OC. The van der Waals surface area contributed by atoms with E-state index in [0.29, 0.717) is 34.8 Å². The van der Waals surface area contributed by atoms with E-state index in [-0.39, 0.29) is 5.75 Å². The van der Waals surface area contributed by atoms with Crippen LogP contribution < -0.4 is 15.0 Å². The maximum atomic E-state index is 12.7. The Bertz CT molecular complexity index is 640. The van der Waals surface area contributed by atoms with Crippen molar-refractivity contribution in [2.24, 2.45) is 4.99 Å². The van der Waals surface area contributed by atoms with E-state index in [1.165, 1.54) is 24.9 Å². The van der Waals surface area contributed by atoms with Crippen molar-refractivity contribution in [2.75, 3.05) is 12.9 Å². The molecule has 0 fully saturated rings. The largest absolute Gasteiger partial charge is 0.573 e. The van der Waals surface area contributed by atoms with Crippen LogP contribution in [0.1, 0.15) is 24.5 Å². The summed E-state index contributed by atoms with van der Waals surface area (Å²) >= 11 is 1.28. The number of nitrogens with zero attached hydrogens (tertiary/aromatic N) is 1. The number of methoxy groups -OCH3 is 1. The Morgan fingerprint density at radius 2 is 2.16 bits per heavy atom. The molecule has 0 unspecified atom stereocenters. The number of hydrogen-bond donors (Lipinski definition) is 3. The Labute approximate surface area is 147 Å². The fourth-order valence-electron chi connectivity index (χ4n) is 2.47. The predicted octanol–water partition coefficient (Wildman–Crippen LogP) is 2.71. The van der Waals surface area contributed by atoms with Crippen LogP contribution in [0.15, 0.2) is 17.1 Å². The quantitative estimate of drug-likeness (QED) is 0.498. The lowest BCUT2D eigenvalue weighted by Gasteiger charge is -2.17. The predicted molar refractivity (Wildman–Crippen MR) is 87.4 cm³/mol. The summed E-state index contributed by atoms with van der Waals surface area (Å²) in [6.07, 6.45) is -4.88. The minimum absolute atomic E-state index is 0.0418. The van der Waals surface area contributed by atoms with Crippen LogP contribution in [0, 0.1) is 0 Å². The minimum atomic E-state index is -4.85. The van der Waals surface area contributed by atoms with Gasteiger partial charge >= 0.3 is 6.36 Å². The number of hydrogen-bond acceptors (Lipinski definition) is 7. The smallest absolute Gasteiger partial charge is 0.493 e. The number of halogens is 3. The van der Waals surface area contributed by atoms with Crippen molar-refractivity contribution in [1.29, 1.82) is 0 Å². The highest BCUT2D eigenvalue weighted by Crippen LogP contribution is 2.39. The number of aliphatic hydroxyl groups is 1. The Kier molecular flexibility index (Phi) is 6.55. The lowest BCUT2D eigenvalue weighted by atomic mass is 10.0. The van der Waals surface area contributed by atoms with Crippen LogP contribution in [0.5, 0.6) is 11.5 Å². The summed E-state index contributed by atoms with van der Waals surface area (Å²) in [5.74, 6) is -0.00190. The summed E-state index contributed by atoms with van der Waals surface area (Å²) in [7, 11) is 1.29. The van der Waals surface area contributed by atoms with E-state index in [1.807, 2.05) is 6.92 Å². The summed E-state index contributed by atoms with van der Waals surface area (Å²) in [6.45, 7) is 1.90. The van der Waals surface area contributed by atoms with Gasteiger partial charge in [-0.15, -0.1) is 24.9 Å². The van der Waals surface area contributed by atoms with Crippen molar-refractivity contribution < 1.29 is 33.0 Å². The Morgan fingerprint density at radius 3 is 2.72 bits per heavy atom. The summed E-state index contributed by atoms with van der Waals surface area (Å²) in [4.78, 5) is 4.25. The van der Waals surface area contributed by atoms with Gasteiger partial charge in [0.15, 0.2) is 11.5 Å². The zero-order chi connectivity index (χ0) is 18.6. The van der Waals surface area contributed by atoms with Gasteiger partial charge in [0, 0.05) is 11.3 Å². The molecule has 0 bridgehead atoms. The van der Waals surface area contributed by atoms with E-state index in [4.69, 9.17) is 9.94 Å². The number of nitrogens with one attached hydrogen (secondary N) is 1. The van der Waals surface area contributed by atoms with Crippen molar-refractivity contribution in [1.82, 2.24) is 5.48 Å². The summed E-state index contributed by atoms with van der Waals surface area (Å²) in [5, 5.41) is 18.8. The molecule has 2 rings (SSSR count). The maximum absolute atomic E-state index is 12.7. The molecule has 10 heteroatoms. The van der Waals surface area contributed by atoms with Crippen molar-refractivity contribution in [3.05, 3.63) is 23.3 Å². The monoisotopic (exact) mass is 380 g/mol. The zero-order valence-corrected chi connectivity index (χ0v) is 14.4. The first-order chi connectivity index (χ1) is 11.8. The Hall–Kier alpha value is -1.49. The van der Waals surface area contributed by atoms with E-state index in [1.54, 1.807) is 11.5 Å². The third kappa shape index (κ3) is 5.00. The molecule has 0 saturated heterocycles. The number of alkyl halides is 3. The molecular weight excluding hydrogens is 361 g/mol. The molecule has 0 saturated carbocycles. The molecule has 1 heterocycles. The second-order valence-electron chi connectivity index (χ2n) is 5.35. The van der Waals surface area contributed by atoms with Crippen LogP contribution >= 0.6 is 11.8 Å². The normalized spacial score (nSPS) is 18.8. The lowest BCUT2D eigenvalue weighted by Crippen LogP contribution is -2.36. The minimum Gasteiger partial charge on any atom is -0.493 e. The van der Waals surface area contributed by atoms with Gasteiger partial charge in [-0.25, -0.2) is 0 Å². The summed E-state index contributed by atoms with van der Waals surface area (Å²) in [6, 6.07) is 2.32. The number of benzene rings is 1. The number of aliphatic hydroxyl groups excluding tert-OH is 1. The number of thioether (sulfide) groups is 1. The number of hydroxylamine groups is 1. The van der Waals surface area contributed by atoms with Gasteiger partial charge in [-0.2, -0.15) is 5.48 Å². The van der Waals surface area contributed by atoms with E-state index in [0.717, 1.165) is 0 Å². The molecular formula is C15H19F3N2O4S. The zero-order valence-electron chi connectivity index (χ0n) is 13.6. The van der Waals surface area contributed by atoms with Crippen LogP contribution in [-0.4, -0.2) is 46.9 Å². The standard InChI is InChI=1S/C15H19F3N2O4S/c1-3-4-8-5-9(14-19-10(7-25-14)13(21)20-22)6-11(12(8)23-2)24-15(16,17)18/h5-6,10,13,20-22H,3-4,7H2,1-2H3/t10-,13+/m0/s1. The van der Waals surface area contributed by atoms with Gasteiger partial charge in [0.2, 0.25) is 0 Å². The van der Waals surface area contributed by atoms with E-state index in [9.17, 15) is 18.3 Å². The summed E-state index contributed by atoms with van der Waals surface area (Å²) in [5.41, 5.74) is 2.74. The van der Waals surface area contributed by atoms with Gasteiger partial charge in [-0.05, 0) is 24.1 Å². The fourth-order valence-corrected chi connectivity index (χ4v) is 3.55. The average molecular weight is 380 g/mol. The van der Waals surface area contributed by atoms with Gasteiger partial charge in [-0.3, -0.25) is 4.99 Å². The highest BCUT2D eigenvalue weighted by atomic mass is 32.2. The van der Waals surface area contributed by atoms with E-state index >= 15 is 0 Å². The van der Waals surface area contributed by atoms with Gasteiger partial charge in [0.05, 0.1) is 12.2 Å². The molecule has 25 heavy (non-hydrogen) atoms. The van der Waals surface area contributed by atoms with Crippen molar-refractivity contribution >= 4 is 16.8 Å². The fraction of sp³-hybridized carbons (Fsp3) is 0.533. The van der Waals surface area contributed by atoms with Gasteiger partial charge in [0.1, 0.15) is 12.3 Å². The third-order valence-corrected chi connectivity index (χ3v) is 4.62. The second kappa shape index (κ2) is 8.26. The van der Waals surface area contributed by atoms with Crippen LogP contribution in [0.4, 0.5) is 13.2 Å². The van der Waals surface area contributed by atoms with Crippen molar-refractivity contribution in [3.8, 4) is 11.5 Å². The first-order valence-corrected chi connectivity index (χ1v) is 8.53. The molecule has 0 spiro atoms. The van der Waals surface area contributed by atoms with E-state index < -0.39 is 24.4 Å². The molecule has 3 N–H and O–H groups in total. The molecule has 1 aromatic rings. The first kappa shape index (κ1) is 19.8. The number of aryl methyl sites for hydroxylation is 1.